The zero-order chi connectivity index (χ0) is 15.4. The molecule has 0 aromatic carbocycles. The first-order chi connectivity index (χ1) is 9.22. The van der Waals surface area contributed by atoms with E-state index in [9.17, 15) is 14.4 Å². The maximum absolute atomic E-state index is 11.1. The molecule has 0 aliphatic carbocycles. The highest BCUT2D eigenvalue weighted by molar-refractivity contribution is 5.68. The third-order valence-corrected chi connectivity index (χ3v) is 2.62. The van der Waals surface area contributed by atoms with Crippen molar-refractivity contribution in [3.05, 3.63) is 12.2 Å². The fraction of sp³-hybridized carbons (Fsp3) is 0.615. The lowest BCUT2D eigenvalue weighted by Gasteiger charge is -2.39. The third-order valence-electron chi connectivity index (χ3n) is 2.62. The molecule has 0 saturated carbocycles. The lowest BCUT2D eigenvalue weighted by Crippen LogP contribution is -2.52. The Morgan fingerprint density at radius 3 is 1.85 bits per heavy atom. The Balaban J connectivity index is 2.95. The molecule has 7 nitrogen and oxygen atoms in total. The van der Waals surface area contributed by atoms with Crippen LogP contribution in [-0.4, -0.2) is 42.5 Å². The van der Waals surface area contributed by atoms with E-state index in [1.165, 1.54) is 20.8 Å². The molecule has 0 amide bonds. The minimum atomic E-state index is -1.11. The predicted molar refractivity (Wildman–Crippen MR) is 66.3 cm³/mol. The van der Waals surface area contributed by atoms with Gasteiger partial charge in [0, 0.05) is 26.3 Å². The van der Waals surface area contributed by atoms with Gasteiger partial charge >= 0.3 is 17.9 Å². The highest BCUT2D eigenvalue weighted by Crippen LogP contribution is 2.29. The molecular formula is C13H18O7. The van der Waals surface area contributed by atoms with Gasteiger partial charge in [0.15, 0.2) is 12.2 Å². The first-order valence-corrected chi connectivity index (χ1v) is 6.08. The van der Waals surface area contributed by atoms with Crippen molar-refractivity contribution in [1.29, 1.82) is 0 Å². The summed E-state index contributed by atoms with van der Waals surface area (Å²) < 4.78 is 20.5. The molecule has 112 valence electrons. The number of ether oxygens (including phenoxy) is 4. The molecule has 0 spiro atoms. The van der Waals surface area contributed by atoms with Crippen molar-refractivity contribution in [2.45, 2.75) is 52.3 Å². The topological polar surface area (TPSA) is 88.1 Å². The number of hydrogen-bond donors (Lipinski definition) is 0. The second kappa shape index (κ2) is 6.51. The molecule has 20 heavy (non-hydrogen) atoms. The molecule has 4 atom stereocenters. The molecule has 0 aromatic heterocycles. The van der Waals surface area contributed by atoms with Gasteiger partial charge in [-0.1, -0.05) is 6.58 Å². The van der Waals surface area contributed by atoms with Gasteiger partial charge in [-0.05, 0) is 6.92 Å². The molecule has 0 N–H and O–H groups in total. The molecule has 0 aromatic rings. The Kier molecular flexibility index (Phi) is 5.26. The Morgan fingerprint density at radius 2 is 1.40 bits per heavy atom. The molecule has 1 aliphatic rings. The summed E-state index contributed by atoms with van der Waals surface area (Å²) in [5, 5.41) is 0. The summed E-state index contributed by atoms with van der Waals surface area (Å²) in [6, 6.07) is 0. The lowest BCUT2D eigenvalue weighted by atomic mass is 9.97. The van der Waals surface area contributed by atoms with Crippen LogP contribution < -0.4 is 0 Å². The third kappa shape index (κ3) is 4.06. The SMILES string of the molecule is C=C1[C@@H](OC(C)=O)[C@H](OC(C)=O)O[C@H](C)[C@H]1OC(C)=O. The summed E-state index contributed by atoms with van der Waals surface area (Å²) >= 11 is 0. The summed E-state index contributed by atoms with van der Waals surface area (Å²) in [5.74, 6) is -1.69. The highest BCUT2D eigenvalue weighted by atomic mass is 16.7. The highest BCUT2D eigenvalue weighted by Gasteiger charge is 2.44. The van der Waals surface area contributed by atoms with Crippen molar-refractivity contribution in [3.8, 4) is 0 Å². The molecule has 7 heteroatoms. The Bertz CT molecular complexity index is 428. The van der Waals surface area contributed by atoms with Gasteiger partial charge in [-0.3, -0.25) is 14.4 Å². The molecule has 1 aliphatic heterocycles. The van der Waals surface area contributed by atoms with Crippen molar-refractivity contribution in [3.63, 3.8) is 0 Å². The van der Waals surface area contributed by atoms with Gasteiger partial charge in [-0.15, -0.1) is 0 Å². The summed E-state index contributed by atoms with van der Waals surface area (Å²) in [4.78, 5) is 33.3. The van der Waals surface area contributed by atoms with E-state index in [0.717, 1.165) is 0 Å². The first kappa shape index (κ1) is 16.2. The fourth-order valence-electron chi connectivity index (χ4n) is 1.91. The average molecular weight is 286 g/mol. The average Bonchev–Trinajstić information content (AvgIpc) is 2.28. The van der Waals surface area contributed by atoms with E-state index in [1.54, 1.807) is 6.92 Å². The van der Waals surface area contributed by atoms with Crippen LogP contribution in [0.4, 0.5) is 0 Å². The van der Waals surface area contributed by atoms with Gasteiger partial charge in [-0.25, -0.2) is 0 Å². The molecule has 0 unspecified atom stereocenters. The number of esters is 3. The standard InChI is InChI=1S/C13H18O7/c1-6-11(18-8(3)14)7(2)17-13(20-10(5)16)12(6)19-9(4)15/h7,11-13H,1H2,2-5H3/t7-,11+,12-,13+/m1/s1. The molecule has 0 radical (unpaired) electrons. The van der Waals surface area contributed by atoms with Gasteiger partial charge in [-0.2, -0.15) is 0 Å². The monoisotopic (exact) mass is 286 g/mol. The molecule has 0 bridgehead atoms. The van der Waals surface area contributed by atoms with Crippen LogP contribution in [0.3, 0.4) is 0 Å². The van der Waals surface area contributed by atoms with Crippen LogP contribution in [-0.2, 0) is 33.3 Å². The first-order valence-electron chi connectivity index (χ1n) is 6.08. The smallest absolute Gasteiger partial charge is 0.305 e. The van der Waals surface area contributed by atoms with Gasteiger partial charge in [0.1, 0.15) is 6.10 Å². The molecule has 1 heterocycles. The van der Waals surface area contributed by atoms with E-state index in [1.807, 2.05) is 0 Å². The number of rotatable bonds is 3. The van der Waals surface area contributed by atoms with Gasteiger partial charge in [0.05, 0.1) is 0 Å². The van der Waals surface area contributed by atoms with E-state index in [2.05, 4.69) is 6.58 Å². The largest absolute Gasteiger partial charge is 0.455 e. The van der Waals surface area contributed by atoms with Crippen molar-refractivity contribution in [1.82, 2.24) is 0 Å². The van der Waals surface area contributed by atoms with Gasteiger partial charge < -0.3 is 18.9 Å². The Labute approximate surface area is 116 Å². The zero-order valence-electron chi connectivity index (χ0n) is 11.9. The molecule has 1 saturated heterocycles. The fourth-order valence-corrected chi connectivity index (χ4v) is 1.91. The van der Waals surface area contributed by atoms with Crippen LogP contribution in [0, 0.1) is 0 Å². The van der Waals surface area contributed by atoms with Crippen LogP contribution in [0.25, 0.3) is 0 Å². The van der Waals surface area contributed by atoms with Crippen molar-refractivity contribution in [2.24, 2.45) is 0 Å². The zero-order valence-corrected chi connectivity index (χ0v) is 11.9. The van der Waals surface area contributed by atoms with E-state index in [0.29, 0.717) is 5.57 Å². The van der Waals surface area contributed by atoms with Gasteiger partial charge in [0.25, 0.3) is 0 Å². The normalized spacial score (nSPS) is 29.5. The Morgan fingerprint density at radius 1 is 0.950 bits per heavy atom. The van der Waals surface area contributed by atoms with Crippen LogP contribution in [0.5, 0.6) is 0 Å². The summed E-state index contributed by atoms with van der Waals surface area (Å²) in [7, 11) is 0. The van der Waals surface area contributed by atoms with Gasteiger partial charge in [0.2, 0.25) is 6.29 Å². The maximum atomic E-state index is 11.1. The molecular weight excluding hydrogens is 268 g/mol. The van der Waals surface area contributed by atoms with Crippen LogP contribution in [0.2, 0.25) is 0 Å². The van der Waals surface area contributed by atoms with Crippen molar-refractivity contribution >= 4 is 17.9 Å². The van der Waals surface area contributed by atoms with Crippen molar-refractivity contribution < 1.29 is 33.3 Å². The number of carbonyl (C=O) groups excluding carboxylic acids is 3. The van der Waals surface area contributed by atoms with E-state index in [-0.39, 0.29) is 0 Å². The van der Waals surface area contributed by atoms with Crippen molar-refractivity contribution in [2.75, 3.05) is 0 Å². The van der Waals surface area contributed by atoms with E-state index >= 15 is 0 Å². The number of hydrogen-bond acceptors (Lipinski definition) is 7. The van der Waals surface area contributed by atoms with Crippen LogP contribution >= 0.6 is 0 Å². The summed E-state index contributed by atoms with van der Waals surface area (Å²) in [6.07, 6.45) is -3.48. The molecule has 1 rings (SSSR count). The lowest BCUT2D eigenvalue weighted by molar-refractivity contribution is -0.243. The summed E-state index contributed by atoms with van der Waals surface area (Å²) in [6.45, 7) is 9.07. The second-order valence-corrected chi connectivity index (χ2v) is 4.45. The quantitative estimate of drug-likeness (QED) is 0.429. The molecule has 1 fully saturated rings. The second-order valence-electron chi connectivity index (χ2n) is 4.45. The minimum Gasteiger partial charge on any atom is -0.455 e. The maximum Gasteiger partial charge on any atom is 0.305 e. The van der Waals surface area contributed by atoms with E-state index < -0.39 is 42.5 Å². The van der Waals surface area contributed by atoms with E-state index in [4.69, 9.17) is 18.9 Å². The van der Waals surface area contributed by atoms with Crippen LogP contribution in [0.15, 0.2) is 12.2 Å². The summed E-state index contributed by atoms with van der Waals surface area (Å²) in [5.41, 5.74) is 0.306. The number of carbonyl (C=O) groups is 3. The Hall–Kier alpha value is -1.89. The minimum absolute atomic E-state index is 0.306. The predicted octanol–water partition coefficient (Wildman–Crippen LogP) is 0.714. The van der Waals surface area contributed by atoms with Crippen LogP contribution in [0.1, 0.15) is 27.7 Å².